The molecule has 0 radical (unpaired) electrons. The number of nitrogens with zero attached hydrogens (tertiary/aromatic N) is 1. The molecule has 0 atom stereocenters. The fourth-order valence-electron chi connectivity index (χ4n) is 0.868. The summed E-state index contributed by atoms with van der Waals surface area (Å²) in [6.45, 7) is 2.00. The highest BCUT2D eigenvalue weighted by Gasteiger charge is 1.94. The summed E-state index contributed by atoms with van der Waals surface area (Å²) in [6.07, 6.45) is 2.62. The topological polar surface area (TPSA) is 37.8 Å². The minimum Gasteiger partial charge on any atom is -0.304 e. The minimum atomic E-state index is -0.160. The van der Waals surface area contributed by atoms with Gasteiger partial charge in [-0.1, -0.05) is 19.1 Å². The van der Waals surface area contributed by atoms with Gasteiger partial charge >= 0.3 is 5.69 Å². The van der Waals surface area contributed by atoms with E-state index in [0.29, 0.717) is 4.64 Å². The summed E-state index contributed by atoms with van der Waals surface area (Å²) >= 11 is 4.93. The van der Waals surface area contributed by atoms with Crippen LogP contribution in [0.15, 0.2) is 11.0 Å². The Morgan fingerprint density at radius 2 is 2.36 bits per heavy atom. The third kappa shape index (κ3) is 1.57. The first kappa shape index (κ1) is 8.20. The van der Waals surface area contributed by atoms with Crippen molar-refractivity contribution in [1.29, 1.82) is 0 Å². The van der Waals surface area contributed by atoms with Crippen molar-refractivity contribution in [3.63, 3.8) is 0 Å². The highest BCUT2D eigenvalue weighted by molar-refractivity contribution is 7.71. The monoisotopic (exact) mass is 170 g/mol. The number of rotatable bonds is 1. The maximum atomic E-state index is 10.9. The van der Waals surface area contributed by atoms with Crippen LogP contribution in [0.4, 0.5) is 0 Å². The van der Waals surface area contributed by atoms with Gasteiger partial charge in [-0.2, -0.15) is 0 Å². The summed E-state index contributed by atoms with van der Waals surface area (Å²) in [5.41, 5.74) is 0.842. The number of aryl methyl sites for hydroxylation is 2. The molecule has 4 heteroatoms. The van der Waals surface area contributed by atoms with Gasteiger partial charge in [0, 0.05) is 18.8 Å². The Morgan fingerprint density at radius 1 is 1.73 bits per heavy atom. The van der Waals surface area contributed by atoms with Crippen molar-refractivity contribution in [2.45, 2.75) is 13.3 Å². The fraction of sp³-hybridized carbons (Fsp3) is 0.429. The van der Waals surface area contributed by atoms with Gasteiger partial charge in [0.15, 0.2) is 0 Å². The standard InChI is InChI=1S/C7H10N2OS/c1-3-5-4-9(2)7(10)8-6(5)11/h4H,3H2,1-2H3,(H,8,10,11). The lowest BCUT2D eigenvalue weighted by Crippen LogP contribution is -2.20. The van der Waals surface area contributed by atoms with E-state index in [1.54, 1.807) is 13.2 Å². The second kappa shape index (κ2) is 3.00. The number of aromatic nitrogens is 2. The van der Waals surface area contributed by atoms with Crippen LogP contribution in [-0.2, 0) is 13.5 Å². The first-order valence-electron chi connectivity index (χ1n) is 3.44. The molecule has 1 aromatic rings. The molecule has 0 bridgehead atoms. The summed E-state index contributed by atoms with van der Waals surface area (Å²) in [7, 11) is 1.70. The molecular formula is C7H10N2OS. The summed E-state index contributed by atoms with van der Waals surface area (Å²) in [5.74, 6) is 0. The zero-order valence-corrected chi connectivity index (χ0v) is 7.36. The number of H-pyrrole nitrogens is 1. The molecule has 0 aliphatic rings. The van der Waals surface area contributed by atoms with E-state index < -0.39 is 0 Å². The van der Waals surface area contributed by atoms with Crippen molar-refractivity contribution in [1.82, 2.24) is 9.55 Å². The molecule has 0 spiro atoms. The highest BCUT2D eigenvalue weighted by atomic mass is 32.1. The minimum absolute atomic E-state index is 0.160. The maximum absolute atomic E-state index is 10.9. The average Bonchev–Trinajstić information content (AvgIpc) is 1.97. The molecule has 0 fully saturated rings. The highest BCUT2D eigenvalue weighted by Crippen LogP contribution is 1.96. The van der Waals surface area contributed by atoms with Crippen molar-refractivity contribution in [3.8, 4) is 0 Å². The van der Waals surface area contributed by atoms with Crippen LogP contribution in [0.1, 0.15) is 12.5 Å². The molecule has 1 heterocycles. The third-order valence-corrected chi connectivity index (χ3v) is 1.93. The Bertz CT molecular complexity index is 363. The predicted octanol–water partition coefficient (Wildman–Crippen LogP) is 1.01. The van der Waals surface area contributed by atoms with Crippen LogP contribution in [-0.4, -0.2) is 9.55 Å². The van der Waals surface area contributed by atoms with Gasteiger partial charge in [-0.15, -0.1) is 0 Å². The van der Waals surface area contributed by atoms with Crippen molar-refractivity contribution in [3.05, 3.63) is 26.9 Å². The summed E-state index contributed by atoms with van der Waals surface area (Å²) in [4.78, 5) is 13.5. The van der Waals surface area contributed by atoms with Gasteiger partial charge < -0.3 is 4.57 Å². The Morgan fingerprint density at radius 3 is 2.91 bits per heavy atom. The normalized spacial score (nSPS) is 10.0. The molecule has 0 saturated carbocycles. The van der Waals surface area contributed by atoms with Crippen molar-refractivity contribution < 1.29 is 0 Å². The maximum Gasteiger partial charge on any atom is 0.326 e. The zero-order valence-electron chi connectivity index (χ0n) is 6.55. The van der Waals surface area contributed by atoms with Gasteiger partial charge in [0.2, 0.25) is 0 Å². The quantitative estimate of drug-likeness (QED) is 0.639. The van der Waals surface area contributed by atoms with E-state index in [9.17, 15) is 4.79 Å². The summed E-state index contributed by atoms with van der Waals surface area (Å²) < 4.78 is 2.05. The average molecular weight is 170 g/mol. The van der Waals surface area contributed by atoms with Crippen LogP contribution in [0.5, 0.6) is 0 Å². The Hall–Kier alpha value is -0.900. The smallest absolute Gasteiger partial charge is 0.304 e. The van der Waals surface area contributed by atoms with E-state index in [4.69, 9.17) is 12.2 Å². The van der Waals surface area contributed by atoms with E-state index >= 15 is 0 Å². The lowest BCUT2D eigenvalue weighted by Gasteiger charge is -1.99. The molecule has 1 N–H and O–H groups in total. The van der Waals surface area contributed by atoms with Gasteiger partial charge in [0.25, 0.3) is 0 Å². The number of nitrogens with one attached hydrogen (secondary N) is 1. The Labute approximate surface area is 69.7 Å². The zero-order chi connectivity index (χ0) is 8.43. The van der Waals surface area contributed by atoms with E-state index in [-0.39, 0.29) is 5.69 Å². The molecule has 0 aliphatic heterocycles. The summed E-state index contributed by atoms with van der Waals surface area (Å²) in [5, 5.41) is 0. The summed E-state index contributed by atoms with van der Waals surface area (Å²) in [6, 6.07) is 0. The van der Waals surface area contributed by atoms with Crippen molar-refractivity contribution in [2.24, 2.45) is 7.05 Å². The van der Waals surface area contributed by atoms with E-state index in [1.807, 2.05) is 6.92 Å². The molecule has 3 nitrogen and oxygen atoms in total. The van der Waals surface area contributed by atoms with Crippen LogP contribution >= 0.6 is 12.2 Å². The fourth-order valence-corrected chi connectivity index (χ4v) is 1.15. The third-order valence-electron chi connectivity index (χ3n) is 1.56. The molecule has 11 heavy (non-hydrogen) atoms. The Balaban J connectivity index is 3.45. The molecular weight excluding hydrogens is 160 g/mol. The largest absolute Gasteiger partial charge is 0.326 e. The van der Waals surface area contributed by atoms with Crippen LogP contribution < -0.4 is 5.69 Å². The first-order chi connectivity index (χ1) is 5.15. The van der Waals surface area contributed by atoms with Gasteiger partial charge in [-0.05, 0) is 6.42 Å². The molecule has 0 saturated heterocycles. The van der Waals surface area contributed by atoms with Gasteiger partial charge in [0.1, 0.15) is 4.64 Å². The number of hydrogen-bond acceptors (Lipinski definition) is 2. The lowest BCUT2D eigenvalue weighted by atomic mass is 10.3. The molecule has 1 aromatic heterocycles. The molecule has 0 aliphatic carbocycles. The van der Waals surface area contributed by atoms with Crippen LogP contribution in [0.2, 0.25) is 0 Å². The second-order valence-electron chi connectivity index (χ2n) is 2.38. The molecule has 60 valence electrons. The van der Waals surface area contributed by atoms with Gasteiger partial charge in [0.05, 0.1) is 0 Å². The van der Waals surface area contributed by atoms with Crippen LogP contribution in [0.3, 0.4) is 0 Å². The van der Waals surface area contributed by atoms with Gasteiger partial charge in [-0.3, -0.25) is 4.98 Å². The first-order valence-corrected chi connectivity index (χ1v) is 3.84. The second-order valence-corrected chi connectivity index (χ2v) is 2.79. The molecule has 0 aromatic carbocycles. The van der Waals surface area contributed by atoms with Crippen molar-refractivity contribution >= 4 is 12.2 Å². The number of hydrogen-bond donors (Lipinski definition) is 1. The van der Waals surface area contributed by atoms with E-state index in [1.165, 1.54) is 4.57 Å². The van der Waals surface area contributed by atoms with Crippen LogP contribution in [0, 0.1) is 4.64 Å². The lowest BCUT2D eigenvalue weighted by molar-refractivity contribution is 0.786. The Kier molecular flexibility index (Phi) is 2.24. The van der Waals surface area contributed by atoms with E-state index in [2.05, 4.69) is 4.98 Å². The molecule has 1 rings (SSSR count). The SMILES string of the molecule is CCc1cn(C)c(=O)[nH]c1=S. The predicted molar refractivity (Wildman–Crippen MR) is 46.2 cm³/mol. The number of aromatic amines is 1. The van der Waals surface area contributed by atoms with Crippen LogP contribution in [0.25, 0.3) is 0 Å². The van der Waals surface area contributed by atoms with Gasteiger partial charge in [-0.25, -0.2) is 4.79 Å². The van der Waals surface area contributed by atoms with E-state index in [0.717, 1.165) is 12.0 Å². The molecule has 0 amide bonds. The molecule has 0 unspecified atom stereocenters. The van der Waals surface area contributed by atoms with Crippen molar-refractivity contribution in [2.75, 3.05) is 0 Å².